The number of anilines is 2. The van der Waals surface area contributed by atoms with E-state index < -0.39 is 0 Å². The summed E-state index contributed by atoms with van der Waals surface area (Å²) in [4.78, 5) is 4.75. The molecule has 1 radical (unpaired) electrons. The smallest absolute Gasteiger partial charge is 0.142 e. The van der Waals surface area contributed by atoms with Gasteiger partial charge in [0.25, 0.3) is 0 Å². The van der Waals surface area contributed by atoms with Gasteiger partial charge >= 0.3 is 0 Å². The van der Waals surface area contributed by atoms with Crippen LogP contribution in [0.5, 0.6) is 0 Å². The van der Waals surface area contributed by atoms with E-state index in [2.05, 4.69) is 83.3 Å². The van der Waals surface area contributed by atoms with Crippen LogP contribution in [0.3, 0.4) is 0 Å². The van der Waals surface area contributed by atoms with E-state index in [0.717, 1.165) is 19.5 Å². The molecule has 2 aromatic carbocycles. The Morgan fingerprint density at radius 3 is 2.32 bits per heavy atom. The molecule has 0 aromatic heterocycles. The van der Waals surface area contributed by atoms with Gasteiger partial charge in [-0.1, -0.05) is 42.5 Å². The molecule has 22 heavy (non-hydrogen) atoms. The molecule has 3 heteroatoms. The number of hydrogen-bond donors (Lipinski definition) is 1. The summed E-state index contributed by atoms with van der Waals surface area (Å²) in [6.45, 7) is 6.44. The van der Waals surface area contributed by atoms with E-state index >= 15 is 0 Å². The molecule has 1 aliphatic heterocycles. The van der Waals surface area contributed by atoms with Crippen LogP contribution >= 0.6 is 0 Å². The van der Waals surface area contributed by atoms with Crippen molar-refractivity contribution in [2.75, 3.05) is 29.9 Å². The maximum atomic E-state index is 3.29. The van der Waals surface area contributed by atoms with Crippen molar-refractivity contribution in [3.63, 3.8) is 0 Å². The third-order valence-corrected chi connectivity index (χ3v) is 4.26. The van der Waals surface area contributed by atoms with Gasteiger partial charge in [-0.3, -0.25) is 0 Å². The lowest BCUT2D eigenvalue weighted by Gasteiger charge is -2.30. The summed E-state index contributed by atoms with van der Waals surface area (Å²) in [6.07, 6.45) is 1.07. The molecule has 0 aliphatic carbocycles. The van der Waals surface area contributed by atoms with Crippen molar-refractivity contribution in [1.29, 1.82) is 0 Å². The predicted octanol–water partition coefficient (Wildman–Crippen LogP) is 3.80. The Bertz CT molecular complexity index is 597. The topological polar surface area (TPSA) is 18.5 Å². The van der Waals surface area contributed by atoms with Gasteiger partial charge in [-0.15, -0.1) is 0 Å². The van der Waals surface area contributed by atoms with Crippen molar-refractivity contribution >= 4 is 11.4 Å². The molecule has 1 atom stereocenters. The fourth-order valence-electron chi connectivity index (χ4n) is 3.12. The summed E-state index contributed by atoms with van der Waals surface area (Å²) in [5.41, 5.74) is 3.96. The Morgan fingerprint density at radius 1 is 0.955 bits per heavy atom. The Labute approximate surface area is 133 Å². The maximum absolute atomic E-state index is 3.29. The van der Waals surface area contributed by atoms with Gasteiger partial charge in [0.15, 0.2) is 0 Å². The highest BCUT2D eigenvalue weighted by molar-refractivity contribution is 5.79. The molecule has 1 unspecified atom stereocenters. The molecule has 2 aromatic rings. The second kappa shape index (κ2) is 6.84. The number of para-hydroxylation sites is 2. The summed E-state index contributed by atoms with van der Waals surface area (Å²) < 4.78 is 0. The fraction of sp³-hybridized carbons (Fsp3) is 0.316. The van der Waals surface area contributed by atoms with Gasteiger partial charge in [-0.25, -0.2) is 0 Å². The minimum absolute atomic E-state index is 0.353. The predicted molar refractivity (Wildman–Crippen MR) is 94.0 cm³/mol. The third kappa shape index (κ3) is 2.81. The first-order chi connectivity index (χ1) is 10.8. The third-order valence-electron chi connectivity index (χ3n) is 4.26. The van der Waals surface area contributed by atoms with Crippen molar-refractivity contribution in [3.05, 3.63) is 66.8 Å². The quantitative estimate of drug-likeness (QED) is 0.874. The molecule has 1 aliphatic rings. The van der Waals surface area contributed by atoms with Crippen LogP contribution in [0.2, 0.25) is 0 Å². The van der Waals surface area contributed by atoms with Crippen LogP contribution in [0, 0.1) is 6.67 Å². The first-order valence-corrected chi connectivity index (χ1v) is 8.03. The first-order valence-electron chi connectivity index (χ1n) is 8.03. The van der Waals surface area contributed by atoms with Crippen LogP contribution in [0.1, 0.15) is 24.9 Å². The number of rotatable bonds is 6. The van der Waals surface area contributed by atoms with Gasteiger partial charge in [0.2, 0.25) is 0 Å². The first kappa shape index (κ1) is 14.9. The van der Waals surface area contributed by atoms with Gasteiger partial charge < -0.3 is 15.1 Å². The molecule has 1 heterocycles. The second-order valence-electron chi connectivity index (χ2n) is 5.62. The molecule has 0 bridgehead atoms. The molecule has 0 saturated heterocycles. The summed E-state index contributed by atoms with van der Waals surface area (Å²) in [5.74, 6) is 0. The van der Waals surface area contributed by atoms with Gasteiger partial charge in [0, 0.05) is 6.54 Å². The Hall–Kier alpha value is -2.00. The zero-order valence-electron chi connectivity index (χ0n) is 13.4. The number of nitrogens with one attached hydrogen (secondary N) is 1. The minimum Gasteiger partial charge on any atom is -0.346 e. The summed E-state index contributed by atoms with van der Waals surface area (Å²) in [7, 11) is 2.02. The largest absolute Gasteiger partial charge is 0.346 e. The Kier molecular flexibility index (Phi) is 4.64. The number of benzene rings is 2. The van der Waals surface area contributed by atoms with E-state index in [1.807, 2.05) is 7.05 Å². The van der Waals surface area contributed by atoms with E-state index in [9.17, 15) is 0 Å². The van der Waals surface area contributed by atoms with Crippen LogP contribution in [-0.4, -0.2) is 20.1 Å². The lowest BCUT2D eigenvalue weighted by molar-refractivity contribution is 0.586. The average Bonchev–Trinajstić information content (AvgIpc) is 2.95. The molecule has 0 saturated carbocycles. The lowest BCUT2D eigenvalue weighted by atomic mass is 10.0. The number of nitrogens with zero attached hydrogens (tertiary/aromatic N) is 2. The highest BCUT2D eigenvalue weighted by Crippen LogP contribution is 2.43. The zero-order valence-corrected chi connectivity index (χ0v) is 13.4. The maximum Gasteiger partial charge on any atom is 0.142 e. The standard InChI is InChI=1S/C19H24N3/c1-3-21-15-22(19-12-8-7-11-18(19)21)17(13-14-20-2)16-9-5-4-6-10-16/h4-12,15,17,20H,3,13-14H2,1-2H3. The second-order valence-corrected chi connectivity index (χ2v) is 5.62. The number of hydrogen-bond acceptors (Lipinski definition) is 3. The van der Waals surface area contributed by atoms with E-state index in [0.29, 0.717) is 6.04 Å². The van der Waals surface area contributed by atoms with E-state index in [1.165, 1.54) is 16.9 Å². The van der Waals surface area contributed by atoms with Crippen LogP contribution in [0.4, 0.5) is 11.4 Å². The van der Waals surface area contributed by atoms with Crippen LogP contribution in [0.25, 0.3) is 0 Å². The van der Waals surface area contributed by atoms with Gasteiger partial charge in [0.1, 0.15) is 6.67 Å². The molecule has 3 rings (SSSR count). The summed E-state index contributed by atoms with van der Waals surface area (Å²) in [5, 5.41) is 3.29. The van der Waals surface area contributed by atoms with Crippen molar-refractivity contribution in [1.82, 2.24) is 5.32 Å². The molecule has 0 amide bonds. The molecule has 0 fully saturated rings. The fourth-order valence-corrected chi connectivity index (χ4v) is 3.12. The summed E-state index contributed by atoms with van der Waals surface area (Å²) in [6, 6.07) is 19.8. The van der Waals surface area contributed by atoms with Crippen molar-refractivity contribution in [2.45, 2.75) is 19.4 Å². The van der Waals surface area contributed by atoms with E-state index in [1.54, 1.807) is 0 Å². The van der Waals surface area contributed by atoms with E-state index in [4.69, 9.17) is 0 Å². The average molecular weight is 294 g/mol. The number of fused-ring (bicyclic) bond motifs is 1. The molecule has 115 valence electrons. The molecular weight excluding hydrogens is 270 g/mol. The Morgan fingerprint density at radius 2 is 1.64 bits per heavy atom. The van der Waals surface area contributed by atoms with Crippen molar-refractivity contribution < 1.29 is 0 Å². The molecule has 1 N–H and O–H groups in total. The van der Waals surface area contributed by atoms with Gasteiger partial charge in [-0.05, 0) is 44.6 Å². The van der Waals surface area contributed by atoms with Crippen LogP contribution in [0.15, 0.2) is 54.6 Å². The molecule has 0 spiro atoms. The van der Waals surface area contributed by atoms with Gasteiger partial charge in [-0.2, -0.15) is 0 Å². The molecular formula is C19H24N3. The Balaban J connectivity index is 1.95. The van der Waals surface area contributed by atoms with Crippen molar-refractivity contribution in [2.24, 2.45) is 0 Å². The highest BCUT2D eigenvalue weighted by Gasteiger charge is 2.31. The van der Waals surface area contributed by atoms with Crippen LogP contribution < -0.4 is 15.1 Å². The van der Waals surface area contributed by atoms with E-state index in [-0.39, 0.29) is 0 Å². The normalized spacial score (nSPS) is 15.0. The van der Waals surface area contributed by atoms with Crippen LogP contribution in [-0.2, 0) is 0 Å². The monoisotopic (exact) mass is 294 g/mol. The molecule has 3 nitrogen and oxygen atoms in total. The summed E-state index contributed by atoms with van der Waals surface area (Å²) >= 11 is 0. The van der Waals surface area contributed by atoms with Gasteiger partial charge in [0.05, 0.1) is 17.4 Å². The van der Waals surface area contributed by atoms with Crippen molar-refractivity contribution in [3.8, 4) is 0 Å². The zero-order chi connectivity index (χ0) is 15.4. The lowest BCUT2D eigenvalue weighted by Crippen LogP contribution is -2.30. The SMILES string of the molecule is CCN1[CH]N(C(CCNC)c2ccccc2)c2ccccc21. The highest BCUT2D eigenvalue weighted by atomic mass is 15.4. The minimum atomic E-state index is 0.353.